The number of allylic oxidation sites excluding steroid dienone is 1. The lowest BCUT2D eigenvalue weighted by molar-refractivity contribution is -0.165. The first-order chi connectivity index (χ1) is 10.8. The monoisotopic (exact) mass is 320 g/mol. The van der Waals surface area contributed by atoms with Gasteiger partial charge in [-0.1, -0.05) is 48.5 Å². The van der Waals surface area contributed by atoms with Crippen molar-refractivity contribution in [2.75, 3.05) is 0 Å². The van der Waals surface area contributed by atoms with E-state index in [0.29, 0.717) is 5.56 Å². The van der Waals surface area contributed by atoms with E-state index in [1.165, 1.54) is 24.3 Å². The number of ketones is 2. The van der Waals surface area contributed by atoms with Gasteiger partial charge in [0.25, 0.3) is 5.78 Å². The number of carbonyl (C=O) groups is 2. The maximum atomic E-state index is 12.3. The number of aliphatic hydroxyl groups is 1. The zero-order valence-corrected chi connectivity index (χ0v) is 11.7. The SMILES string of the molecule is O=C(c1ccccc1)c1cccc(C(O)=CC(=O)C(F)(F)F)c1. The number of halogens is 3. The van der Waals surface area contributed by atoms with Crippen LogP contribution in [0.3, 0.4) is 0 Å². The summed E-state index contributed by atoms with van der Waals surface area (Å²) in [6.07, 6.45) is -4.97. The van der Waals surface area contributed by atoms with Crippen LogP contribution >= 0.6 is 0 Å². The fraction of sp³-hybridized carbons (Fsp3) is 0.0588. The number of carbonyl (C=O) groups excluding carboxylic acids is 2. The summed E-state index contributed by atoms with van der Waals surface area (Å²) in [5.41, 5.74) is 0.539. The van der Waals surface area contributed by atoms with E-state index < -0.39 is 17.7 Å². The molecule has 0 unspecified atom stereocenters. The molecule has 2 aromatic rings. The molecule has 2 rings (SSSR count). The summed E-state index contributed by atoms with van der Waals surface area (Å²) in [5, 5.41) is 9.66. The molecule has 0 saturated carbocycles. The van der Waals surface area contributed by atoms with Crippen LogP contribution in [0, 0.1) is 0 Å². The Kier molecular flexibility index (Phi) is 4.64. The van der Waals surface area contributed by atoms with E-state index in [0.717, 1.165) is 0 Å². The van der Waals surface area contributed by atoms with Gasteiger partial charge in [-0.2, -0.15) is 13.2 Å². The highest BCUT2D eigenvalue weighted by atomic mass is 19.4. The molecule has 0 fully saturated rings. The number of aliphatic hydroxyl groups excluding tert-OH is 1. The van der Waals surface area contributed by atoms with Crippen LogP contribution in [0.5, 0.6) is 0 Å². The van der Waals surface area contributed by atoms with Gasteiger partial charge in [0.1, 0.15) is 5.76 Å². The average molecular weight is 320 g/mol. The van der Waals surface area contributed by atoms with Crippen LogP contribution in [0.15, 0.2) is 60.7 Å². The Morgan fingerprint density at radius 2 is 1.43 bits per heavy atom. The van der Waals surface area contributed by atoms with Gasteiger partial charge >= 0.3 is 6.18 Å². The average Bonchev–Trinajstić information content (AvgIpc) is 2.54. The second kappa shape index (κ2) is 6.48. The molecule has 2 aromatic carbocycles. The predicted molar refractivity (Wildman–Crippen MR) is 78.0 cm³/mol. The van der Waals surface area contributed by atoms with Crippen molar-refractivity contribution in [1.82, 2.24) is 0 Å². The normalized spacial score (nSPS) is 12.0. The van der Waals surface area contributed by atoms with Crippen LogP contribution in [0.1, 0.15) is 21.5 Å². The molecule has 6 heteroatoms. The van der Waals surface area contributed by atoms with Crippen molar-refractivity contribution >= 4 is 17.3 Å². The highest BCUT2D eigenvalue weighted by Crippen LogP contribution is 2.21. The third-order valence-electron chi connectivity index (χ3n) is 3.00. The Labute approximate surface area is 129 Å². The Morgan fingerprint density at radius 3 is 2.04 bits per heavy atom. The van der Waals surface area contributed by atoms with Gasteiger partial charge in [0, 0.05) is 22.8 Å². The Morgan fingerprint density at radius 1 is 0.870 bits per heavy atom. The second-order valence-electron chi connectivity index (χ2n) is 4.67. The maximum absolute atomic E-state index is 12.3. The first kappa shape index (κ1) is 16.5. The number of hydrogen-bond acceptors (Lipinski definition) is 3. The molecule has 3 nitrogen and oxygen atoms in total. The molecule has 0 amide bonds. The molecule has 118 valence electrons. The van der Waals surface area contributed by atoms with Crippen molar-refractivity contribution in [3.8, 4) is 0 Å². The van der Waals surface area contributed by atoms with E-state index in [2.05, 4.69) is 0 Å². The summed E-state index contributed by atoms with van der Waals surface area (Å²) in [6.45, 7) is 0. The van der Waals surface area contributed by atoms with Crippen LogP contribution in [-0.4, -0.2) is 22.8 Å². The van der Waals surface area contributed by atoms with Gasteiger partial charge in [0.2, 0.25) is 0 Å². The second-order valence-corrected chi connectivity index (χ2v) is 4.67. The van der Waals surface area contributed by atoms with Crippen LogP contribution in [0.25, 0.3) is 5.76 Å². The van der Waals surface area contributed by atoms with Gasteiger partial charge in [-0.3, -0.25) is 9.59 Å². The first-order valence-electron chi connectivity index (χ1n) is 6.51. The standard InChI is InChI=1S/C17H11F3O3/c18-17(19,20)15(22)10-14(21)12-7-4-8-13(9-12)16(23)11-5-2-1-3-6-11/h1-10,21H. The Balaban J connectivity index is 2.32. The highest BCUT2D eigenvalue weighted by Gasteiger charge is 2.37. The van der Waals surface area contributed by atoms with Crippen LogP contribution in [0.4, 0.5) is 13.2 Å². The van der Waals surface area contributed by atoms with E-state index in [9.17, 15) is 27.9 Å². The zero-order chi connectivity index (χ0) is 17.0. The topological polar surface area (TPSA) is 54.4 Å². The lowest BCUT2D eigenvalue weighted by Crippen LogP contribution is -2.20. The third kappa shape index (κ3) is 4.06. The van der Waals surface area contributed by atoms with Crippen molar-refractivity contribution in [1.29, 1.82) is 0 Å². The number of rotatable bonds is 4. The molecular formula is C17H11F3O3. The number of benzene rings is 2. The van der Waals surface area contributed by atoms with Gasteiger partial charge in [0.15, 0.2) is 5.78 Å². The fourth-order valence-corrected chi connectivity index (χ4v) is 1.87. The van der Waals surface area contributed by atoms with Crippen LogP contribution in [-0.2, 0) is 4.79 Å². The number of alkyl halides is 3. The third-order valence-corrected chi connectivity index (χ3v) is 3.00. The van der Waals surface area contributed by atoms with Gasteiger partial charge in [0.05, 0.1) is 0 Å². The van der Waals surface area contributed by atoms with Crippen LogP contribution < -0.4 is 0 Å². The largest absolute Gasteiger partial charge is 0.507 e. The van der Waals surface area contributed by atoms with E-state index in [4.69, 9.17) is 0 Å². The predicted octanol–water partition coefficient (Wildman–Crippen LogP) is 3.95. The summed E-state index contributed by atoms with van der Waals surface area (Å²) in [5.74, 6) is -3.37. The van der Waals surface area contributed by atoms with Gasteiger partial charge in [-0.05, 0) is 6.07 Å². The van der Waals surface area contributed by atoms with Crippen molar-refractivity contribution in [2.24, 2.45) is 0 Å². The Bertz CT molecular complexity index is 762. The lowest BCUT2D eigenvalue weighted by atomic mass is 10.0. The van der Waals surface area contributed by atoms with Crippen molar-refractivity contribution < 1.29 is 27.9 Å². The molecule has 0 radical (unpaired) electrons. The minimum Gasteiger partial charge on any atom is -0.507 e. The minimum absolute atomic E-state index is 0.0515. The van der Waals surface area contributed by atoms with E-state index in [1.54, 1.807) is 30.3 Å². The summed E-state index contributed by atoms with van der Waals surface area (Å²) in [6, 6.07) is 13.7. The van der Waals surface area contributed by atoms with E-state index in [1.807, 2.05) is 0 Å². The molecule has 0 aromatic heterocycles. The highest BCUT2D eigenvalue weighted by molar-refractivity contribution is 6.09. The first-order valence-corrected chi connectivity index (χ1v) is 6.51. The lowest BCUT2D eigenvalue weighted by Gasteiger charge is -2.06. The molecule has 0 saturated heterocycles. The van der Waals surface area contributed by atoms with E-state index >= 15 is 0 Å². The molecular weight excluding hydrogens is 309 g/mol. The molecule has 0 atom stereocenters. The molecule has 0 aliphatic rings. The quantitative estimate of drug-likeness (QED) is 0.527. The summed E-state index contributed by atoms with van der Waals surface area (Å²) in [4.78, 5) is 23.1. The minimum atomic E-state index is -5.06. The molecule has 0 spiro atoms. The molecule has 0 aliphatic heterocycles. The number of hydrogen-bond donors (Lipinski definition) is 1. The summed E-state index contributed by atoms with van der Waals surface area (Å²) < 4.78 is 36.6. The zero-order valence-electron chi connectivity index (χ0n) is 11.7. The van der Waals surface area contributed by atoms with Gasteiger partial charge in [-0.25, -0.2) is 0 Å². The van der Waals surface area contributed by atoms with Gasteiger partial charge in [-0.15, -0.1) is 0 Å². The van der Waals surface area contributed by atoms with Crippen molar-refractivity contribution in [3.05, 3.63) is 77.4 Å². The Hall–Kier alpha value is -2.89. The smallest absolute Gasteiger partial charge is 0.454 e. The molecule has 0 bridgehead atoms. The van der Waals surface area contributed by atoms with Crippen LogP contribution in [0.2, 0.25) is 0 Å². The fourth-order valence-electron chi connectivity index (χ4n) is 1.87. The summed E-state index contributed by atoms with van der Waals surface area (Å²) >= 11 is 0. The van der Waals surface area contributed by atoms with E-state index in [-0.39, 0.29) is 23.0 Å². The summed E-state index contributed by atoms with van der Waals surface area (Å²) in [7, 11) is 0. The maximum Gasteiger partial charge on any atom is 0.454 e. The molecule has 1 N–H and O–H groups in total. The molecule has 0 heterocycles. The molecule has 0 aliphatic carbocycles. The van der Waals surface area contributed by atoms with Crippen molar-refractivity contribution in [2.45, 2.75) is 6.18 Å². The molecule has 23 heavy (non-hydrogen) atoms. The van der Waals surface area contributed by atoms with Crippen molar-refractivity contribution in [3.63, 3.8) is 0 Å². The van der Waals surface area contributed by atoms with Gasteiger partial charge < -0.3 is 5.11 Å².